The predicted molar refractivity (Wildman–Crippen MR) is 86.7 cm³/mol. The summed E-state index contributed by atoms with van der Waals surface area (Å²) in [6, 6.07) is 9.98. The molecule has 2 N–H and O–H groups in total. The van der Waals surface area contributed by atoms with Crippen LogP contribution in [0.4, 0.5) is 19.0 Å². The van der Waals surface area contributed by atoms with Crippen LogP contribution in [0.3, 0.4) is 0 Å². The Kier molecular flexibility index (Phi) is 6.21. The number of ether oxygens (including phenoxy) is 1. The number of benzene rings is 1. The van der Waals surface area contributed by atoms with Crippen molar-refractivity contribution in [3.8, 4) is 5.75 Å². The van der Waals surface area contributed by atoms with Crippen LogP contribution in [0.1, 0.15) is 30.9 Å². The van der Waals surface area contributed by atoms with Gasteiger partial charge in [0.15, 0.2) is 5.82 Å². The Hall–Kier alpha value is -2.77. The molecular formula is C17H18F3N3O2. The van der Waals surface area contributed by atoms with Gasteiger partial charge in [-0.2, -0.15) is 13.2 Å². The molecule has 2 aromatic rings. The number of aromatic nitrogens is 1. The Morgan fingerprint density at radius 3 is 2.56 bits per heavy atom. The van der Waals surface area contributed by atoms with Gasteiger partial charge >= 0.3 is 6.18 Å². The molecule has 0 bridgehead atoms. The van der Waals surface area contributed by atoms with Crippen LogP contribution in [-0.2, 0) is 17.6 Å². The molecule has 0 unspecified atom stereocenters. The molecular weight excluding hydrogens is 335 g/mol. The summed E-state index contributed by atoms with van der Waals surface area (Å²) in [7, 11) is 0. The first-order valence-electron chi connectivity index (χ1n) is 7.69. The maximum absolute atomic E-state index is 13.4. The van der Waals surface area contributed by atoms with Gasteiger partial charge in [-0.1, -0.05) is 37.3 Å². The summed E-state index contributed by atoms with van der Waals surface area (Å²) in [5.41, 5.74) is 4.11. The van der Waals surface area contributed by atoms with E-state index in [-0.39, 0.29) is 18.8 Å². The average Bonchev–Trinajstić information content (AvgIpc) is 2.58. The van der Waals surface area contributed by atoms with Crippen LogP contribution in [-0.4, -0.2) is 10.9 Å². The van der Waals surface area contributed by atoms with E-state index in [1.54, 1.807) is 37.3 Å². The predicted octanol–water partition coefficient (Wildman–Crippen LogP) is 3.92. The monoisotopic (exact) mass is 353 g/mol. The number of nitrogens with one attached hydrogen (secondary N) is 2. The van der Waals surface area contributed by atoms with Crippen molar-refractivity contribution in [2.75, 3.05) is 5.43 Å². The molecule has 134 valence electrons. The molecule has 2 rings (SSSR count). The molecule has 0 spiro atoms. The third-order valence-corrected chi connectivity index (χ3v) is 3.23. The molecule has 25 heavy (non-hydrogen) atoms. The van der Waals surface area contributed by atoms with Gasteiger partial charge in [-0.3, -0.25) is 15.6 Å². The fraction of sp³-hybridized carbons (Fsp3) is 0.294. The van der Waals surface area contributed by atoms with E-state index in [2.05, 4.69) is 15.8 Å². The standard InChI is InChI=1S/C17H18F3N3O2/c1-2-6-14(24)22-23-16-15(17(18,19)20)13(9-10-21-16)25-11-12-7-4-3-5-8-12/h3-5,7-10H,2,6,11H2,1H3,(H,21,23)(H,22,24). The molecule has 1 aromatic heterocycles. The summed E-state index contributed by atoms with van der Waals surface area (Å²) in [6.45, 7) is 1.77. The zero-order chi connectivity index (χ0) is 18.3. The van der Waals surface area contributed by atoms with Crippen molar-refractivity contribution in [1.29, 1.82) is 0 Å². The van der Waals surface area contributed by atoms with Crippen molar-refractivity contribution in [3.05, 3.63) is 53.7 Å². The number of halogens is 3. The van der Waals surface area contributed by atoms with Crippen molar-refractivity contribution < 1.29 is 22.7 Å². The highest BCUT2D eigenvalue weighted by Gasteiger charge is 2.38. The Morgan fingerprint density at radius 1 is 1.20 bits per heavy atom. The molecule has 1 heterocycles. The number of hydrazine groups is 1. The topological polar surface area (TPSA) is 63.2 Å². The molecule has 1 amide bonds. The van der Waals surface area contributed by atoms with E-state index >= 15 is 0 Å². The van der Waals surface area contributed by atoms with Gasteiger partial charge < -0.3 is 4.74 Å². The van der Waals surface area contributed by atoms with E-state index < -0.39 is 23.5 Å². The van der Waals surface area contributed by atoms with Gasteiger partial charge in [-0.25, -0.2) is 4.98 Å². The molecule has 8 heteroatoms. The minimum Gasteiger partial charge on any atom is -0.488 e. The van der Waals surface area contributed by atoms with Crippen LogP contribution in [0.15, 0.2) is 42.6 Å². The fourth-order valence-corrected chi connectivity index (χ4v) is 2.09. The molecule has 0 aliphatic carbocycles. The van der Waals surface area contributed by atoms with Gasteiger partial charge in [0.1, 0.15) is 17.9 Å². The second kappa shape index (κ2) is 8.36. The third-order valence-electron chi connectivity index (χ3n) is 3.23. The Balaban J connectivity index is 2.21. The smallest absolute Gasteiger partial charge is 0.423 e. The van der Waals surface area contributed by atoms with E-state index in [1.807, 2.05) is 0 Å². The maximum Gasteiger partial charge on any atom is 0.423 e. The summed E-state index contributed by atoms with van der Waals surface area (Å²) in [6.07, 6.45) is -2.74. The van der Waals surface area contributed by atoms with Gasteiger partial charge in [0.2, 0.25) is 5.91 Å². The SMILES string of the molecule is CCCC(=O)NNc1nccc(OCc2ccccc2)c1C(F)(F)F. The number of amides is 1. The number of hydrogen-bond donors (Lipinski definition) is 2. The highest BCUT2D eigenvalue weighted by molar-refractivity contribution is 5.77. The lowest BCUT2D eigenvalue weighted by Gasteiger charge is -2.18. The van der Waals surface area contributed by atoms with Crippen molar-refractivity contribution in [2.45, 2.75) is 32.5 Å². The van der Waals surface area contributed by atoms with Crippen LogP contribution in [0.25, 0.3) is 0 Å². The Bertz CT molecular complexity index is 706. The lowest BCUT2D eigenvalue weighted by molar-refractivity contribution is -0.138. The second-order valence-corrected chi connectivity index (χ2v) is 5.23. The van der Waals surface area contributed by atoms with Crippen LogP contribution < -0.4 is 15.6 Å². The molecule has 0 aliphatic heterocycles. The fourth-order valence-electron chi connectivity index (χ4n) is 2.09. The number of pyridine rings is 1. The quantitative estimate of drug-likeness (QED) is 0.741. The van der Waals surface area contributed by atoms with E-state index in [0.717, 1.165) is 11.6 Å². The van der Waals surface area contributed by atoms with Crippen LogP contribution in [0.5, 0.6) is 5.75 Å². The summed E-state index contributed by atoms with van der Waals surface area (Å²) < 4.78 is 45.6. The molecule has 0 saturated carbocycles. The highest BCUT2D eigenvalue weighted by atomic mass is 19.4. The van der Waals surface area contributed by atoms with E-state index in [1.165, 1.54) is 6.20 Å². The van der Waals surface area contributed by atoms with Gasteiger partial charge in [0.05, 0.1) is 0 Å². The maximum atomic E-state index is 13.4. The minimum absolute atomic E-state index is 0.0183. The van der Waals surface area contributed by atoms with Crippen molar-refractivity contribution in [2.24, 2.45) is 0 Å². The number of nitrogens with zero attached hydrogens (tertiary/aromatic N) is 1. The molecule has 0 radical (unpaired) electrons. The van der Waals surface area contributed by atoms with E-state index in [0.29, 0.717) is 6.42 Å². The number of carbonyl (C=O) groups is 1. The molecule has 0 saturated heterocycles. The molecule has 1 aromatic carbocycles. The normalized spacial score (nSPS) is 11.0. The molecule has 0 aliphatic rings. The van der Waals surface area contributed by atoms with Crippen molar-refractivity contribution >= 4 is 11.7 Å². The summed E-state index contributed by atoms with van der Waals surface area (Å²) in [5, 5.41) is 0. The average molecular weight is 353 g/mol. The van der Waals surface area contributed by atoms with E-state index in [9.17, 15) is 18.0 Å². The highest BCUT2D eigenvalue weighted by Crippen LogP contribution is 2.40. The van der Waals surface area contributed by atoms with Gasteiger partial charge in [-0.15, -0.1) is 0 Å². The number of hydrogen-bond acceptors (Lipinski definition) is 4. The Labute approximate surface area is 143 Å². The largest absolute Gasteiger partial charge is 0.488 e. The van der Waals surface area contributed by atoms with Crippen molar-refractivity contribution in [1.82, 2.24) is 10.4 Å². The molecule has 5 nitrogen and oxygen atoms in total. The second-order valence-electron chi connectivity index (χ2n) is 5.23. The number of carbonyl (C=O) groups excluding carboxylic acids is 1. The summed E-state index contributed by atoms with van der Waals surface area (Å²) in [4.78, 5) is 15.1. The molecule has 0 atom stereocenters. The molecule has 0 fully saturated rings. The van der Waals surface area contributed by atoms with Crippen LogP contribution in [0, 0.1) is 0 Å². The lowest BCUT2D eigenvalue weighted by atomic mass is 10.2. The first kappa shape index (κ1) is 18.6. The summed E-state index contributed by atoms with van der Waals surface area (Å²) >= 11 is 0. The first-order chi connectivity index (χ1) is 11.9. The number of alkyl halides is 3. The zero-order valence-corrected chi connectivity index (χ0v) is 13.6. The lowest BCUT2D eigenvalue weighted by Crippen LogP contribution is -2.31. The third kappa shape index (κ3) is 5.37. The summed E-state index contributed by atoms with van der Waals surface area (Å²) in [5.74, 6) is -1.30. The minimum atomic E-state index is -4.70. The van der Waals surface area contributed by atoms with Gasteiger partial charge in [-0.05, 0) is 18.1 Å². The number of rotatable bonds is 7. The van der Waals surface area contributed by atoms with Crippen LogP contribution >= 0.6 is 0 Å². The zero-order valence-electron chi connectivity index (χ0n) is 13.6. The number of anilines is 1. The van der Waals surface area contributed by atoms with Gasteiger partial charge in [0, 0.05) is 12.6 Å². The van der Waals surface area contributed by atoms with Gasteiger partial charge in [0.25, 0.3) is 0 Å². The van der Waals surface area contributed by atoms with Crippen molar-refractivity contribution in [3.63, 3.8) is 0 Å². The Morgan fingerprint density at radius 2 is 1.92 bits per heavy atom. The van der Waals surface area contributed by atoms with E-state index in [4.69, 9.17) is 4.74 Å². The first-order valence-corrected chi connectivity index (χ1v) is 7.69. The van der Waals surface area contributed by atoms with Crippen LogP contribution in [0.2, 0.25) is 0 Å².